The Hall–Kier alpha value is -1.17. The van der Waals surface area contributed by atoms with Crippen LogP contribution in [0.15, 0.2) is 0 Å². The topological polar surface area (TPSA) is 75.4 Å². The third-order valence-corrected chi connectivity index (χ3v) is 3.59. The van der Waals surface area contributed by atoms with Gasteiger partial charge in [-0.25, -0.2) is 4.79 Å². The van der Waals surface area contributed by atoms with Gasteiger partial charge in [-0.2, -0.15) is 0 Å². The average Bonchev–Trinajstić information content (AvgIpc) is 2.87. The first-order valence-electron chi connectivity index (χ1n) is 5.68. The SMILES string of the molecule is CC1(C)NC(=O)N(CC2(CC(N)=S)CC2)C1=O. The summed E-state index contributed by atoms with van der Waals surface area (Å²) in [5.41, 5.74) is 4.69. The number of carbonyl (C=O) groups excluding carboxylic acids is 2. The van der Waals surface area contributed by atoms with Gasteiger partial charge in [0.1, 0.15) is 5.54 Å². The van der Waals surface area contributed by atoms with Crippen molar-refractivity contribution in [1.29, 1.82) is 0 Å². The molecule has 3 N–H and O–H groups in total. The molecule has 0 aromatic rings. The van der Waals surface area contributed by atoms with Crippen molar-refractivity contribution < 1.29 is 9.59 Å². The first-order chi connectivity index (χ1) is 7.76. The van der Waals surface area contributed by atoms with Gasteiger partial charge in [-0.1, -0.05) is 12.2 Å². The van der Waals surface area contributed by atoms with Crippen LogP contribution in [0, 0.1) is 5.41 Å². The van der Waals surface area contributed by atoms with Crippen molar-refractivity contribution in [2.24, 2.45) is 11.1 Å². The molecule has 0 radical (unpaired) electrons. The lowest BCUT2D eigenvalue weighted by Gasteiger charge is -2.21. The molecule has 3 amide bonds. The highest BCUT2D eigenvalue weighted by Crippen LogP contribution is 2.49. The van der Waals surface area contributed by atoms with E-state index in [4.69, 9.17) is 18.0 Å². The average molecular weight is 255 g/mol. The fourth-order valence-corrected chi connectivity index (χ4v) is 2.54. The van der Waals surface area contributed by atoms with Crippen LogP contribution in [0.4, 0.5) is 4.79 Å². The Kier molecular flexibility index (Phi) is 2.65. The molecule has 0 spiro atoms. The van der Waals surface area contributed by atoms with E-state index in [1.54, 1.807) is 13.8 Å². The molecular weight excluding hydrogens is 238 g/mol. The molecule has 1 saturated heterocycles. The van der Waals surface area contributed by atoms with Gasteiger partial charge < -0.3 is 11.1 Å². The van der Waals surface area contributed by atoms with E-state index in [-0.39, 0.29) is 17.4 Å². The second kappa shape index (κ2) is 3.66. The number of rotatable bonds is 4. The molecule has 2 rings (SSSR count). The molecule has 1 saturated carbocycles. The zero-order valence-electron chi connectivity index (χ0n) is 10.1. The van der Waals surface area contributed by atoms with E-state index in [0.717, 1.165) is 12.8 Å². The van der Waals surface area contributed by atoms with Crippen molar-refractivity contribution >= 4 is 29.1 Å². The van der Waals surface area contributed by atoms with Crippen LogP contribution < -0.4 is 11.1 Å². The van der Waals surface area contributed by atoms with E-state index in [9.17, 15) is 9.59 Å². The smallest absolute Gasteiger partial charge is 0.325 e. The van der Waals surface area contributed by atoms with Gasteiger partial charge in [0.25, 0.3) is 5.91 Å². The van der Waals surface area contributed by atoms with E-state index in [1.165, 1.54) is 4.90 Å². The number of hydrogen-bond acceptors (Lipinski definition) is 3. The molecule has 0 bridgehead atoms. The van der Waals surface area contributed by atoms with Gasteiger partial charge in [0, 0.05) is 13.0 Å². The molecule has 94 valence electrons. The van der Waals surface area contributed by atoms with E-state index in [2.05, 4.69) is 5.32 Å². The van der Waals surface area contributed by atoms with Crippen molar-refractivity contribution in [1.82, 2.24) is 10.2 Å². The lowest BCUT2D eigenvalue weighted by Crippen LogP contribution is -2.41. The van der Waals surface area contributed by atoms with Crippen LogP contribution in [0.5, 0.6) is 0 Å². The molecule has 6 heteroatoms. The largest absolute Gasteiger partial charge is 0.393 e. The van der Waals surface area contributed by atoms with E-state index in [0.29, 0.717) is 18.0 Å². The summed E-state index contributed by atoms with van der Waals surface area (Å²) in [6.07, 6.45) is 2.56. The van der Waals surface area contributed by atoms with Crippen LogP contribution in [0.2, 0.25) is 0 Å². The molecule has 0 atom stereocenters. The molecule has 5 nitrogen and oxygen atoms in total. The zero-order valence-corrected chi connectivity index (χ0v) is 10.9. The molecule has 0 unspecified atom stereocenters. The summed E-state index contributed by atoms with van der Waals surface area (Å²) in [7, 11) is 0. The quantitative estimate of drug-likeness (QED) is 0.575. The maximum absolute atomic E-state index is 12.0. The number of nitrogens with zero attached hydrogens (tertiary/aromatic N) is 1. The third-order valence-electron chi connectivity index (χ3n) is 3.44. The summed E-state index contributed by atoms with van der Waals surface area (Å²) in [6.45, 7) is 3.85. The van der Waals surface area contributed by atoms with Gasteiger partial charge in [0.05, 0.1) is 4.99 Å². The van der Waals surface area contributed by atoms with Gasteiger partial charge >= 0.3 is 6.03 Å². The summed E-state index contributed by atoms with van der Waals surface area (Å²) in [6, 6.07) is -0.311. The summed E-state index contributed by atoms with van der Waals surface area (Å²) in [4.78, 5) is 25.5. The number of nitrogens with one attached hydrogen (secondary N) is 1. The highest BCUT2D eigenvalue weighted by atomic mass is 32.1. The van der Waals surface area contributed by atoms with Crippen LogP contribution in [-0.2, 0) is 4.79 Å². The van der Waals surface area contributed by atoms with Crippen LogP contribution in [0.25, 0.3) is 0 Å². The summed E-state index contributed by atoms with van der Waals surface area (Å²) in [5, 5.41) is 2.67. The summed E-state index contributed by atoms with van der Waals surface area (Å²) < 4.78 is 0. The Morgan fingerprint density at radius 3 is 2.41 bits per heavy atom. The second-order valence-corrected chi connectivity index (χ2v) is 6.11. The van der Waals surface area contributed by atoms with Gasteiger partial charge in [-0.3, -0.25) is 9.69 Å². The summed E-state index contributed by atoms with van der Waals surface area (Å²) >= 11 is 4.90. The lowest BCUT2D eigenvalue weighted by atomic mass is 10.0. The van der Waals surface area contributed by atoms with Gasteiger partial charge in [0.15, 0.2) is 0 Å². The van der Waals surface area contributed by atoms with Gasteiger partial charge in [0.2, 0.25) is 0 Å². The molecule has 17 heavy (non-hydrogen) atoms. The molecular formula is C11H17N3O2S. The predicted molar refractivity (Wildman–Crippen MR) is 67.4 cm³/mol. The molecule has 0 aromatic carbocycles. The van der Waals surface area contributed by atoms with Gasteiger partial charge in [-0.15, -0.1) is 0 Å². The molecule has 0 aromatic heterocycles. The fraction of sp³-hybridized carbons (Fsp3) is 0.727. The molecule has 1 aliphatic carbocycles. The Labute approximate surface area is 106 Å². The number of urea groups is 1. The maximum atomic E-state index is 12.0. The van der Waals surface area contributed by atoms with Crippen LogP contribution in [0.1, 0.15) is 33.1 Å². The second-order valence-electron chi connectivity index (χ2n) is 5.59. The molecule has 1 heterocycles. The fourth-order valence-electron chi connectivity index (χ4n) is 2.23. The molecule has 2 aliphatic rings. The monoisotopic (exact) mass is 255 g/mol. The number of hydrogen-bond donors (Lipinski definition) is 2. The Morgan fingerprint density at radius 2 is 2.06 bits per heavy atom. The van der Waals surface area contributed by atoms with Crippen LogP contribution in [-0.4, -0.2) is 33.9 Å². The number of amides is 3. The Morgan fingerprint density at radius 1 is 1.47 bits per heavy atom. The lowest BCUT2D eigenvalue weighted by molar-refractivity contribution is -0.130. The molecule has 1 aliphatic heterocycles. The minimum Gasteiger partial charge on any atom is -0.393 e. The van der Waals surface area contributed by atoms with Crippen LogP contribution in [0.3, 0.4) is 0 Å². The van der Waals surface area contributed by atoms with Crippen molar-refractivity contribution in [3.8, 4) is 0 Å². The maximum Gasteiger partial charge on any atom is 0.325 e. The number of thiocarbonyl (C=S) groups is 1. The van der Waals surface area contributed by atoms with Gasteiger partial charge in [-0.05, 0) is 32.1 Å². The highest BCUT2D eigenvalue weighted by molar-refractivity contribution is 7.80. The van der Waals surface area contributed by atoms with Crippen molar-refractivity contribution in [2.75, 3.05) is 6.54 Å². The Balaban J connectivity index is 2.07. The minimum atomic E-state index is -0.795. The third kappa shape index (κ3) is 2.26. The van der Waals surface area contributed by atoms with E-state index < -0.39 is 5.54 Å². The first-order valence-corrected chi connectivity index (χ1v) is 6.09. The predicted octanol–water partition coefficient (Wildman–Crippen LogP) is 0.773. The number of carbonyl (C=O) groups is 2. The number of nitrogens with two attached hydrogens (primary N) is 1. The molecule has 2 fully saturated rings. The van der Waals surface area contributed by atoms with Crippen LogP contribution >= 0.6 is 12.2 Å². The van der Waals surface area contributed by atoms with Crippen molar-refractivity contribution in [3.63, 3.8) is 0 Å². The minimum absolute atomic E-state index is 0.0563. The number of imide groups is 1. The standard InChI is InChI=1S/C11H17N3O2S/c1-10(2)8(15)14(9(16)13-10)6-11(3-4-11)5-7(12)17/h3-6H2,1-2H3,(H2,12,17)(H,13,16). The first kappa shape index (κ1) is 12.3. The van der Waals surface area contributed by atoms with Crippen molar-refractivity contribution in [2.45, 2.75) is 38.6 Å². The Bertz CT molecular complexity index is 402. The van der Waals surface area contributed by atoms with E-state index >= 15 is 0 Å². The normalized spacial score (nSPS) is 24.7. The van der Waals surface area contributed by atoms with E-state index in [1.807, 2.05) is 0 Å². The van der Waals surface area contributed by atoms with Crippen molar-refractivity contribution in [3.05, 3.63) is 0 Å². The summed E-state index contributed by atoms with van der Waals surface area (Å²) in [5.74, 6) is -0.170. The zero-order chi connectivity index (χ0) is 12.8. The highest BCUT2D eigenvalue weighted by Gasteiger charge is 2.51.